The predicted molar refractivity (Wildman–Crippen MR) is 35.1 cm³/mol. The van der Waals surface area contributed by atoms with Crippen molar-refractivity contribution in [1.82, 2.24) is 4.90 Å². The van der Waals surface area contributed by atoms with Crippen LogP contribution in [0.1, 0.15) is 6.42 Å². The minimum atomic E-state index is -0.887. The van der Waals surface area contributed by atoms with Crippen LogP contribution in [0.3, 0.4) is 0 Å². The fraction of sp³-hybridized carbons (Fsp3) is 0.833. The van der Waals surface area contributed by atoms with Crippen LogP contribution < -0.4 is 5.73 Å². The lowest BCUT2D eigenvalue weighted by Gasteiger charge is -2.13. The van der Waals surface area contributed by atoms with E-state index in [1.807, 2.05) is 0 Å². The van der Waals surface area contributed by atoms with E-state index in [1.165, 1.54) is 0 Å². The van der Waals surface area contributed by atoms with Gasteiger partial charge in [0.15, 0.2) is 0 Å². The van der Waals surface area contributed by atoms with Crippen molar-refractivity contribution in [3.63, 3.8) is 0 Å². The third-order valence-electron chi connectivity index (χ3n) is 1.83. The molecule has 0 radical (unpaired) electrons. The Bertz CT molecular complexity index is 151. The Morgan fingerprint density at radius 1 is 1.80 bits per heavy atom. The van der Waals surface area contributed by atoms with Crippen molar-refractivity contribution in [3.05, 3.63) is 0 Å². The first-order chi connectivity index (χ1) is 4.61. The van der Waals surface area contributed by atoms with E-state index in [9.17, 15) is 9.18 Å². The van der Waals surface area contributed by atoms with Crippen molar-refractivity contribution in [3.8, 4) is 0 Å². The molecule has 1 fully saturated rings. The molecule has 1 aliphatic heterocycles. The van der Waals surface area contributed by atoms with Gasteiger partial charge >= 0.3 is 0 Å². The summed E-state index contributed by atoms with van der Waals surface area (Å²) in [7, 11) is 1.70. The Kier molecular flexibility index (Phi) is 1.89. The van der Waals surface area contributed by atoms with Gasteiger partial charge in [-0.25, -0.2) is 4.39 Å². The number of hydrogen-bond donors (Lipinski definition) is 1. The third kappa shape index (κ3) is 1.26. The summed E-state index contributed by atoms with van der Waals surface area (Å²) in [6.45, 7) is 0.327. The largest absolute Gasteiger partial charge is 0.368 e. The Morgan fingerprint density at radius 2 is 2.40 bits per heavy atom. The molecule has 0 aromatic rings. The number of likely N-dealkylation sites (tertiary alicyclic amines) is 1. The fourth-order valence-electron chi connectivity index (χ4n) is 1.27. The van der Waals surface area contributed by atoms with Crippen molar-refractivity contribution in [1.29, 1.82) is 0 Å². The van der Waals surface area contributed by atoms with Crippen molar-refractivity contribution in [2.45, 2.75) is 18.6 Å². The summed E-state index contributed by atoms with van der Waals surface area (Å²) in [6.07, 6.45) is -0.631. The van der Waals surface area contributed by atoms with E-state index in [0.717, 1.165) is 0 Å². The second kappa shape index (κ2) is 2.54. The van der Waals surface area contributed by atoms with Crippen LogP contribution in [0.25, 0.3) is 0 Å². The number of rotatable bonds is 1. The molecule has 0 bridgehead atoms. The van der Waals surface area contributed by atoms with Crippen LogP contribution in [0, 0.1) is 0 Å². The summed E-state index contributed by atoms with van der Waals surface area (Å²) >= 11 is 0. The lowest BCUT2D eigenvalue weighted by Crippen LogP contribution is -2.37. The number of likely N-dealkylation sites (N-methyl/N-ethyl adjacent to an activating group) is 1. The van der Waals surface area contributed by atoms with Crippen molar-refractivity contribution in [2.75, 3.05) is 13.6 Å². The van der Waals surface area contributed by atoms with Crippen LogP contribution in [0.2, 0.25) is 0 Å². The molecule has 0 aliphatic carbocycles. The second-order valence-corrected chi connectivity index (χ2v) is 2.69. The van der Waals surface area contributed by atoms with Crippen molar-refractivity contribution >= 4 is 5.91 Å². The van der Waals surface area contributed by atoms with E-state index in [4.69, 9.17) is 5.73 Å². The Hall–Kier alpha value is -0.640. The molecular formula is C6H11FN2O. The molecule has 1 saturated heterocycles. The van der Waals surface area contributed by atoms with E-state index in [0.29, 0.717) is 6.54 Å². The first-order valence-electron chi connectivity index (χ1n) is 3.25. The quantitative estimate of drug-likeness (QED) is 0.542. The number of carbonyl (C=O) groups excluding carboxylic acids is 1. The smallest absolute Gasteiger partial charge is 0.234 e. The van der Waals surface area contributed by atoms with Crippen LogP contribution in [0.5, 0.6) is 0 Å². The van der Waals surface area contributed by atoms with E-state index in [1.54, 1.807) is 11.9 Å². The highest BCUT2D eigenvalue weighted by Gasteiger charge is 2.32. The maximum absolute atomic E-state index is 12.5. The van der Waals surface area contributed by atoms with Gasteiger partial charge in [0, 0.05) is 13.0 Å². The van der Waals surface area contributed by atoms with Gasteiger partial charge in [-0.05, 0) is 7.05 Å². The molecule has 2 N–H and O–H groups in total. The molecule has 1 rings (SSSR count). The molecule has 0 spiro atoms. The number of nitrogens with zero attached hydrogens (tertiary/aromatic N) is 1. The lowest BCUT2D eigenvalue weighted by molar-refractivity contribution is -0.121. The summed E-state index contributed by atoms with van der Waals surface area (Å²) in [5, 5.41) is 0. The standard InChI is InChI=1S/C6H11FN2O/c1-9-3-4(7)2-5(9)6(8)10/h4-5H,2-3H2,1H3,(H2,8,10). The normalized spacial score (nSPS) is 34.6. The molecule has 1 amide bonds. The maximum Gasteiger partial charge on any atom is 0.234 e. The summed E-state index contributed by atoms with van der Waals surface area (Å²) in [5.74, 6) is -0.428. The Labute approximate surface area is 59.0 Å². The lowest BCUT2D eigenvalue weighted by atomic mass is 10.2. The van der Waals surface area contributed by atoms with E-state index >= 15 is 0 Å². The number of hydrogen-bond acceptors (Lipinski definition) is 2. The second-order valence-electron chi connectivity index (χ2n) is 2.69. The zero-order valence-electron chi connectivity index (χ0n) is 5.88. The Morgan fingerprint density at radius 3 is 2.60 bits per heavy atom. The molecule has 10 heavy (non-hydrogen) atoms. The van der Waals surface area contributed by atoms with Gasteiger partial charge < -0.3 is 5.73 Å². The third-order valence-corrected chi connectivity index (χ3v) is 1.83. The van der Waals surface area contributed by atoms with Gasteiger partial charge in [-0.3, -0.25) is 9.69 Å². The molecule has 58 valence electrons. The number of carbonyl (C=O) groups is 1. The summed E-state index contributed by atoms with van der Waals surface area (Å²) in [5.41, 5.74) is 5.00. The zero-order valence-corrected chi connectivity index (χ0v) is 5.88. The topological polar surface area (TPSA) is 46.3 Å². The van der Waals surface area contributed by atoms with Crippen molar-refractivity contribution < 1.29 is 9.18 Å². The SMILES string of the molecule is CN1CC(F)CC1C(N)=O. The molecule has 4 heteroatoms. The van der Waals surface area contributed by atoms with Gasteiger partial charge in [-0.2, -0.15) is 0 Å². The summed E-state index contributed by atoms with van der Waals surface area (Å²) < 4.78 is 12.5. The van der Waals surface area contributed by atoms with Gasteiger partial charge in [0.05, 0.1) is 6.04 Å². The van der Waals surface area contributed by atoms with Crippen LogP contribution in [-0.4, -0.2) is 36.6 Å². The zero-order chi connectivity index (χ0) is 7.72. The van der Waals surface area contributed by atoms with Crippen LogP contribution >= 0.6 is 0 Å². The van der Waals surface area contributed by atoms with E-state index < -0.39 is 18.1 Å². The predicted octanol–water partition coefficient (Wildman–Crippen LogP) is -0.486. The summed E-state index contributed by atoms with van der Waals surface area (Å²) in [4.78, 5) is 12.2. The minimum absolute atomic E-state index is 0.256. The van der Waals surface area contributed by atoms with Crippen LogP contribution in [0.4, 0.5) is 4.39 Å². The number of amides is 1. The highest BCUT2D eigenvalue weighted by atomic mass is 19.1. The first kappa shape index (κ1) is 7.47. The Balaban J connectivity index is 2.54. The number of alkyl halides is 1. The average molecular weight is 146 g/mol. The van der Waals surface area contributed by atoms with Crippen molar-refractivity contribution in [2.24, 2.45) is 5.73 Å². The summed E-state index contributed by atoms with van der Waals surface area (Å²) in [6, 6.07) is -0.394. The molecule has 0 aromatic heterocycles. The van der Waals surface area contributed by atoms with Gasteiger partial charge in [0.2, 0.25) is 5.91 Å². The number of nitrogens with two attached hydrogens (primary N) is 1. The van der Waals surface area contributed by atoms with Gasteiger partial charge in [0.25, 0.3) is 0 Å². The highest BCUT2D eigenvalue weighted by molar-refractivity contribution is 5.80. The first-order valence-corrected chi connectivity index (χ1v) is 3.25. The molecule has 3 nitrogen and oxygen atoms in total. The number of halogens is 1. The minimum Gasteiger partial charge on any atom is -0.368 e. The van der Waals surface area contributed by atoms with E-state index in [-0.39, 0.29) is 6.42 Å². The van der Waals surface area contributed by atoms with Gasteiger partial charge in [0.1, 0.15) is 6.17 Å². The van der Waals surface area contributed by atoms with Gasteiger partial charge in [-0.15, -0.1) is 0 Å². The molecule has 2 atom stereocenters. The van der Waals surface area contributed by atoms with Gasteiger partial charge in [-0.1, -0.05) is 0 Å². The molecule has 2 unspecified atom stereocenters. The molecule has 1 aliphatic rings. The fourth-order valence-corrected chi connectivity index (χ4v) is 1.27. The highest BCUT2D eigenvalue weighted by Crippen LogP contribution is 2.17. The molecular weight excluding hydrogens is 135 g/mol. The molecule has 0 aromatic carbocycles. The molecule has 0 saturated carbocycles. The number of primary amides is 1. The maximum atomic E-state index is 12.5. The molecule has 1 heterocycles. The van der Waals surface area contributed by atoms with E-state index in [2.05, 4.69) is 0 Å². The monoisotopic (exact) mass is 146 g/mol. The van der Waals surface area contributed by atoms with Crippen LogP contribution in [0.15, 0.2) is 0 Å². The van der Waals surface area contributed by atoms with Crippen LogP contribution in [-0.2, 0) is 4.79 Å². The average Bonchev–Trinajstić information content (AvgIpc) is 2.10.